The molecule has 1 aromatic carbocycles. The lowest BCUT2D eigenvalue weighted by molar-refractivity contribution is -0.144. The van der Waals surface area contributed by atoms with Crippen LogP contribution in [0.2, 0.25) is 0 Å². The van der Waals surface area contributed by atoms with E-state index in [1.807, 2.05) is 19.1 Å². The Hall–Kier alpha value is -1.11. The third-order valence-electron chi connectivity index (χ3n) is 2.76. The van der Waals surface area contributed by atoms with Crippen molar-refractivity contribution in [3.63, 3.8) is 0 Å². The summed E-state index contributed by atoms with van der Waals surface area (Å²) in [6.07, 6.45) is -0.882. The maximum atomic E-state index is 10.9. The first-order chi connectivity index (χ1) is 9.45. The molecule has 0 aliphatic rings. The zero-order valence-corrected chi connectivity index (χ0v) is 13.5. The number of nitrogens with one attached hydrogen (secondary N) is 1. The van der Waals surface area contributed by atoms with Gasteiger partial charge in [-0.3, -0.25) is 0 Å². The van der Waals surface area contributed by atoms with Gasteiger partial charge in [-0.1, -0.05) is 15.9 Å². The number of hydrogen-bond acceptors (Lipinski definition) is 4. The van der Waals surface area contributed by atoms with Crippen molar-refractivity contribution in [1.29, 1.82) is 0 Å². The molecular formula is C14H20BrNO4. The second-order valence-corrected chi connectivity index (χ2v) is 5.39. The van der Waals surface area contributed by atoms with E-state index in [9.17, 15) is 4.79 Å². The molecule has 0 aliphatic heterocycles. The van der Waals surface area contributed by atoms with Crippen molar-refractivity contribution in [2.24, 2.45) is 0 Å². The molecule has 5 nitrogen and oxygen atoms in total. The number of halogens is 1. The molecule has 0 amide bonds. The van der Waals surface area contributed by atoms with E-state index in [0.717, 1.165) is 22.1 Å². The number of aliphatic carboxylic acids is 1. The van der Waals surface area contributed by atoms with Crippen molar-refractivity contribution in [2.75, 3.05) is 20.3 Å². The van der Waals surface area contributed by atoms with Crippen LogP contribution in [0.15, 0.2) is 16.6 Å². The maximum Gasteiger partial charge on any atom is 0.344 e. The van der Waals surface area contributed by atoms with E-state index in [0.29, 0.717) is 18.9 Å². The van der Waals surface area contributed by atoms with Crippen molar-refractivity contribution >= 4 is 21.9 Å². The summed E-state index contributed by atoms with van der Waals surface area (Å²) in [6, 6.07) is 3.83. The average Bonchev–Trinajstić information content (AvgIpc) is 2.38. The molecule has 0 aliphatic carbocycles. The molecule has 0 saturated carbocycles. The van der Waals surface area contributed by atoms with Gasteiger partial charge in [0.1, 0.15) is 5.75 Å². The molecule has 6 heteroatoms. The van der Waals surface area contributed by atoms with E-state index in [2.05, 4.69) is 21.2 Å². The van der Waals surface area contributed by atoms with E-state index in [1.165, 1.54) is 6.92 Å². The first-order valence-electron chi connectivity index (χ1n) is 6.33. The number of benzene rings is 1. The fraction of sp³-hybridized carbons (Fsp3) is 0.500. The Kier molecular flexibility index (Phi) is 6.98. The molecular weight excluding hydrogens is 326 g/mol. The van der Waals surface area contributed by atoms with E-state index in [4.69, 9.17) is 14.6 Å². The van der Waals surface area contributed by atoms with E-state index in [-0.39, 0.29) is 0 Å². The van der Waals surface area contributed by atoms with Crippen LogP contribution in [0.3, 0.4) is 0 Å². The molecule has 2 N–H and O–H groups in total. The smallest absolute Gasteiger partial charge is 0.344 e. The molecule has 0 spiro atoms. The van der Waals surface area contributed by atoms with E-state index >= 15 is 0 Å². The first kappa shape index (κ1) is 16.9. The zero-order valence-electron chi connectivity index (χ0n) is 11.9. The van der Waals surface area contributed by atoms with Crippen LogP contribution in [0.25, 0.3) is 0 Å². The Morgan fingerprint density at radius 2 is 2.20 bits per heavy atom. The van der Waals surface area contributed by atoms with Crippen LogP contribution in [-0.2, 0) is 16.1 Å². The highest BCUT2D eigenvalue weighted by Crippen LogP contribution is 2.29. The van der Waals surface area contributed by atoms with Crippen LogP contribution in [0.1, 0.15) is 18.1 Å². The van der Waals surface area contributed by atoms with Crippen LogP contribution in [0.5, 0.6) is 5.75 Å². The van der Waals surface area contributed by atoms with Gasteiger partial charge < -0.3 is 19.9 Å². The third kappa shape index (κ3) is 5.11. The van der Waals surface area contributed by atoms with Crippen LogP contribution >= 0.6 is 15.9 Å². The molecule has 1 aromatic rings. The highest BCUT2D eigenvalue weighted by molar-refractivity contribution is 9.10. The lowest BCUT2D eigenvalue weighted by Crippen LogP contribution is -2.25. The number of aryl methyl sites for hydroxylation is 1. The van der Waals surface area contributed by atoms with Crippen LogP contribution in [0.4, 0.5) is 0 Å². The Morgan fingerprint density at radius 3 is 2.80 bits per heavy atom. The summed E-state index contributed by atoms with van der Waals surface area (Å²) in [7, 11) is 1.65. The molecule has 1 rings (SSSR count). The summed E-state index contributed by atoms with van der Waals surface area (Å²) in [5.41, 5.74) is 1.82. The predicted octanol–water partition coefficient (Wildman–Crippen LogP) is 2.35. The standard InChI is InChI=1S/C14H20BrNO4/c1-9-6-12(15)7-11(8-16-4-5-19-3)13(9)20-10(2)14(17)18/h6-7,10,16H,4-5,8H2,1-3H3,(H,17,18). The minimum Gasteiger partial charge on any atom is -0.479 e. The van der Waals surface area contributed by atoms with Crippen LogP contribution < -0.4 is 10.1 Å². The normalized spacial score (nSPS) is 12.2. The van der Waals surface area contributed by atoms with Gasteiger partial charge in [0.15, 0.2) is 6.10 Å². The third-order valence-corrected chi connectivity index (χ3v) is 3.21. The van der Waals surface area contributed by atoms with E-state index in [1.54, 1.807) is 7.11 Å². The fourth-order valence-corrected chi connectivity index (χ4v) is 2.34. The summed E-state index contributed by atoms with van der Waals surface area (Å²) < 4.78 is 11.5. The van der Waals surface area contributed by atoms with Gasteiger partial charge in [0.2, 0.25) is 0 Å². The maximum absolute atomic E-state index is 10.9. The number of rotatable bonds is 8. The molecule has 0 saturated heterocycles. The molecule has 20 heavy (non-hydrogen) atoms. The summed E-state index contributed by atoms with van der Waals surface area (Å²) in [4.78, 5) is 10.9. The predicted molar refractivity (Wildman–Crippen MR) is 80.2 cm³/mol. The Morgan fingerprint density at radius 1 is 1.50 bits per heavy atom. The lowest BCUT2D eigenvalue weighted by atomic mass is 10.1. The van der Waals surface area contributed by atoms with E-state index < -0.39 is 12.1 Å². The van der Waals surface area contributed by atoms with Gasteiger partial charge in [-0.05, 0) is 31.5 Å². The summed E-state index contributed by atoms with van der Waals surface area (Å²) >= 11 is 3.44. The largest absolute Gasteiger partial charge is 0.479 e. The van der Waals surface area contributed by atoms with Gasteiger partial charge in [-0.15, -0.1) is 0 Å². The second-order valence-electron chi connectivity index (χ2n) is 4.48. The molecule has 1 atom stereocenters. The highest BCUT2D eigenvalue weighted by Gasteiger charge is 2.17. The molecule has 0 aromatic heterocycles. The monoisotopic (exact) mass is 345 g/mol. The molecule has 0 heterocycles. The van der Waals surface area contributed by atoms with Gasteiger partial charge in [-0.2, -0.15) is 0 Å². The number of methoxy groups -OCH3 is 1. The lowest BCUT2D eigenvalue weighted by Gasteiger charge is -2.18. The van der Waals surface area contributed by atoms with Crippen LogP contribution in [0, 0.1) is 6.92 Å². The molecule has 0 bridgehead atoms. The van der Waals surface area contributed by atoms with Crippen molar-refractivity contribution in [3.8, 4) is 5.75 Å². The SMILES string of the molecule is COCCNCc1cc(Br)cc(C)c1OC(C)C(=O)O. The summed E-state index contributed by atoms with van der Waals surface area (Å²) in [6.45, 7) is 5.34. The number of hydrogen-bond donors (Lipinski definition) is 2. The Labute approximate surface area is 127 Å². The van der Waals surface area contributed by atoms with Gasteiger partial charge in [0, 0.05) is 30.2 Å². The Bertz CT molecular complexity index is 465. The number of carbonyl (C=O) groups is 1. The van der Waals surface area contributed by atoms with Gasteiger partial charge in [0.05, 0.1) is 6.61 Å². The average molecular weight is 346 g/mol. The van der Waals surface area contributed by atoms with Crippen LogP contribution in [-0.4, -0.2) is 37.4 Å². The molecule has 1 unspecified atom stereocenters. The number of ether oxygens (including phenoxy) is 2. The minimum atomic E-state index is -0.981. The van der Waals surface area contributed by atoms with Crippen molar-refractivity contribution in [3.05, 3.63) is 27.7 Å². The summed E-state index contributed by atoms with van der Waals surface area (Å²) in [5.74, 6) is -0.362. The quantitative estimate of drug-likeness (QED) is 0.708. The summed E-state index contributed by atoms with van der Waals surface area (Å²) in [5, 5.41) is 12.2. The molecule has 0 radical (unpaired) electrons. The number of carboxylic acids is 1. The molecule has 0 fully saturated rings. The van der Waals surface area contributed by atoms with Gasteiger partial charge in [0.25, 0.3) is 0 Å². The second kappa shape index (κ2) is 8.24. The fourth-order valence-electron chi connectivity index (χ4n) is 1.72. The van der Waals surface area contributed by atoms with Crippen molar-refractivity contribution in [1.82, 2.24) is 5.32 Å². The highest BCUT2D eigenvalue weighted by atomic mass is 79.9. The topological polar surface area (TPSA) is 67.8 Å². The Balaban J connectivity index is 2.87. The zero-order chi connectivity index (χ0) is 15.1. The van der Waals surface area contributed by atoms with Crippen molar-refractivity contribution in [2.45, 2.75) is 26.5 Å². The van der Waals surface area contributed by atoms with Gasteiger partial charge in [-0.25, -0.2) is 4.79 Å². The minimum absolute atomic E-state index is 0.589. The van der Waals surface area contributed by atoms with Gasteiger partial charge >= 0.3 is 5.97 Å². The van der Waals surface area contributed by atoms with Crippen molar-refractivity contribution < 1.29 is 19.4 Å². The molecule has 112 valence electrons. The number of carboxylic acid groups (broad SMARTS) is 1. The first-order valence-corrected chi connectivity index (χ1v) is 7.13.